The van der Waals surface area contributed by atoms with Crippen LogP contribution in [-0.2, 0) is 11.3 Å². The molecule has 4 aromatic rings. The Morgan fingerprint density at radius 1 is 0.935 bits per heavy atom. The van der Waals surface area contributed by atoms with Crippen molar-refractivity contribution in [1.82, 2.24) is 4.57 Å². The molecule has 0 unspecified atom stereocenters. The molecule has 4 nitrogen and oxygen atoms in total. The summed E-state index contributed by atoms with van der Waals surface area (Å²) in [4.78, 5) is 15.4. The topological polar surface area (TPSA) is 37.3 Å². The van der Waals surface area contributed by atoms with Gasteiger partial charge in [-0.05, 0) is 63.1 Å². The van der Waals surface area contributed by atoms with Crippen molar-refractivity contribution in [3.05, 3.63) is 72.3 Å². The second-order valence-electron chi connectivity index (χ2n) is 8.58. The van der Waals surface area contributed by atoms with Gasteiger partial charge in [0, 0.05) is 58.7 Å². The molecule has 0 radical (unpaired) electrons. The summed E-state index contributed by atoms with van der Waals surface area (Å²) in [5, 5.41) is 5.63. The first-order chi connectivity index (χ1) is 15.1. The normalized spacial score (nSPS) is 15.0. The van der Waals surface area contributed by atoms with E-state index in [2.05, 4.69) is 89.3 Å². The molecule has 31 heavy (non-hydrogen) atoms. The van der Waals surface area contributed by atoms with Crippen LogP contribution in [0.1, 0.15) is 25.3 Å². The Balaban J connectivity index is 1.30. The third kappa shape index (κ3) is 3.67. The Labute approximate surface area is 183 Å². The molecule has 1 N–H and O–H groups in total. The minimum absolute atomic E-state index is 0.0642. The van der Waals surface area contributed by atoms with E-state index in [1.165, 1.54) is 33.1 Å². The van der Waals surface area contributed by atoms with Crippen LogP contribution in [0.15, 0.2) is 66.7 Å². The highest BCUT2D eigenvalue weighted by molar-refractivity contribution is 6.09. The van der Waals surface area contributed by atoms with E-state index >= 15 is 0 Å². The van der Waals surface area contributed by atoms with Gasteiger partial charge in [-0.2, -0.15) is 0 Å². The number of hydrogen-bond donors (Lipinski definition) is 1. The summed E-state index contributed by atoms with van der Waals surface area (Å²) in [5.41, 5.74) is 5.87. The number of nitrogens with one attached hydrogen (secondary N) is 1. The molecule has 0 bridgehead atoms. The van der Waals surface area contributed by atoms with Gasteiger partial charge >= 0.3 is 0 Å². The molecular weight excluding hydrogens is 382 g/mol. The van der Waals surface area contributed by atoms with Crippen LogP contribution in [0, 0.1) is 12.8 Å². The van der Waals surface area contributed by atoms with Crippen molar-refractivity contribution in [2.75, 3.05) is 23.3 Å². The zero-order valence-electron chi connectivity index (χ0n) is 18.3. The minimum Gasteiger partial charge on any atom is -0.371 e. The zero-order valence-corrected chi connectivity index (χ0v) is 18.3. The summed E-state index contributed by atoms with van der Waals surface area (Å²) < 4.78 is 2.33. The highest BCUT2D eigenvalue weighted by Crippen LogP contribution is 2.31. The van der Waals surface area contributed by atoms with E-state index in [4.69, 9.17) is 0 Å². The number of aromatic nitrogens is 1. The second-order valence-corrected chi connectivity index (χ2v) is 8.58. The zero-order chi connectivity index (χ0) is 21.4. The van der Waals surface area contributed by atoms with Crippen molar-refractivity contribution >= 4 is 39.1 Å². The van der Waals surface area contributed by atoms with Crippen LogP contribution in [-0.4, -0.2) is 23.6 Å². The highest BCUT2D eigenvalue weighted by Gasteiger charge is 2.25. The molecule has 158 valence electrons. The average molecular weight is 412 g/mol. The van der Waals surface area contributed by atoms with Crippen LogP contribution in [0.4, 0.5) is 11.4 Å². The van der Waals surface area contributed by atoms with Crippen LogP contribution in [0.25, 0.3) is 21.8 Å². The molecule has 1 aliphatic heterocycles. The monoisotopic (exact) mass is 411 g/mol. The number of carbonyl (C=O) groups excluding carboxylic acids is 1. The molecule has 5 rings (SSSR count). The first-order valence-electron chi connectivity index (χ1n) is 11.3. The SMILES string of the molecule is CCn1c2ccccc2c2cc(NC(=O)C3CCN(c4ccc(C)cc4)CC3)ccc21. The molecule has 2 heterocycles. The molecule has 1 aliphatic rings. The molecule has 0 atom stereocenters. The lowest BCUT2D eigenvalue weighted by molar-refractivity contribution is -0.120. The van der Waals surface area contributed by atoms with E-state index in [-0.39, 0.29) is 11.8 Å². The van der Waals surface area contributed by atoms with Gasteiger partial charge in [0.05, 0.1) is 0 Å². The minimum atomic E-state index is 0.0642. The maximum atomic E-state index is 13.0. The van der Waals surface area contributed by atoms with Crippen molar-refractivity contribution in [2.24, 2.45) is 5.92 Å². The van der Waals surface area contributed by atoms with Gasteiger partial charge in [0.25, 0.3) is 0 Å². The fourth-order valence-corrected chi connectivity index (χ4v) is 4.87. The number of carbonyl (C=O) groups is 1. The smallest absolute Gasteiger partial charge is 0.227 e. The summed E-state index contributed by atoms with van der Waals surface area (Å²) in [6.45, 7) is 7.05. The van der Waals surface area contributed by atoms with E-state index in [0.29, 0.717) is 0 Å². The highest BCUT2D eigenvalue weighted by atomic mass is 16.1. The number of fused-ring (bicyclic) bond motifs is 3. The van der Waals surface area contributed by atoms with Gasteiger partial charge in [0.15, 0.2) is 0 Å². The number of benzene rings is 3. The molecule has 3 aromatic carbocycles. The molecule has 0 aliphatic carbocycles. The second kappa shape index (κ2) is 8.10. The Kier molecular flexibility index (Phi) is 5.14. The van der Waals surface area contributed by atoms with Crippen LogP contribution in [0.5, 0.6) is 0 Å². The van der Waals surface area contributed by atoms with E-state index in [9.17, 15) is 4.79 Å². The molecule has 4 heteroatoms. The van der Waals surface area contributed by atoms with E-state index < -0.39 is 0 Å². The maximum Gasteiger partial charge on any atom is 0.227 e. The number of nitrogens with zero attached hydrogens (tertiary/aromatic N) is 2. The Bertz CT molecular complexity index is 1230. The molecule has 1 aromatic heterocycles. The first kappa shape index (κ1) is 19.7. The molecule has 1 saturated heterocycles. The quantitative estimate of drug-likeness (QED) is 0.449. The summed E-state index contributed by atoms with van der Waals surface area (Å²) in [5.74, 6) is 0.205. The lowest BCUT2D eigenvalue weighted by Crippen LogP contribution is -2.38. The van der Waals surface area contributed by atoms with Crippen molar-refractivity contribution in [1.29, 1.82) is 0 Å². The maximum absolute atomic E-state index is 13.0. The first-order valence-corrected chi connectivity index (χ1v) is 11.3. The molecule has 0 spiro atoms. The van der Waals surface area contributed by atoms with Crippen LogP contribution in [0.3, 0.4) is 0 Å². The Morgan fingerprint density at radius 3 is 2.39 bits per heavy atom. The number of anilines is 2. The van der Waals surface area contributed by atoms with Gasteiger partial charge in [-0.25, -0.2) is 0 Å². The van der Waals surface area contributed by atoms with Crippen LogP contribution < -0.4 is 10.2 Å². The summed E-state index contributed by atoms with van der Waals surface area (Å²) in [6.07, 6.45) is 1.77. The number of rotatable bonds is 4. The Morgan fingerprint density at radius 2 is 1.65 bits per heavy atom. The predicted octanol–water partition coefficient (Wildman–Crippen LogP) is 5.98. The fourth-order valence-electron chi connectivity index (χ4n) is 4.87. The van der Waals surface area contributed by atoms with Gasteiger partial charge < -0.3 is 14.8 Å². The van der Waals surface area contributed by atoms with Gasteiger partial charge in [-0.1, -0.05) is 35.9 Å². The van der Waals surface area contributed by atoms with Crippen molar-refractivity contribution in [2.45, 2.75) is 33.2 Å². The standard InChI is InChI=1S/C27H29N3O/c1-3-30-25-7-5-4-6-23(25)24-18-21(10-13-26(24)30)28-27(31)20-14-16-29(17-15-20)22-11-8-19(2)9-12-22/h4-13,18,20H,3,14-17H2,1-2H3,(H,28,31). The predicted molar refractivity (Wildman–Crippen MR) is 130 cm³/mol. The van der Waals surface area contributed by atoms with Crippen molar-refractivity contribution < 1.29 is 4.79 Å². The van der Waals surface area contributed by atoms with Crippen molar-refractivity contribution in [3.8, 4) is 0 Å². The lowest BCUT2D eigenvalue weighted by Gasteiger charge is -2.33. The Hall–Kier alpha value is -3.27. The van der Waals surface area contributed by atoms with Gasteiger partial charge in [0.2, 0.25) is 5.91 Å². The molecular formula is C27H29N3O. The molecule has 1 fully saturated rings. The number of aryl methyl sites for hydroxylation is 2. The number of para-hydroxylation sites is 1. The van der Waals surface area contributed by atoms with Crippen LogP contribution in [0.2, 0.25) is 0 Å². The average Bonchev–Trinajstić information content (AvgIpc) is 3.13. The van der Waals surface area contributed by atoms with E-state index in [1.807, 2.05) is 6.07 Å². The molecule has 0 saturated carbocycles. The number of amides is 1. The van der Waals surface area contributed by atoms with E-state index in [1.54, 1.807) is 0 Å². The van der Waals surface area contributed by atoms with Gasteiger partial charge in [-0.3, -0.25) is 4.79 Å². The molecule has 1 amide bonds. The third-order valence-corrected chi connectivity index (χ3v) is 6.62. The van der Waals surface area contributed by atoms with Crippen LogP contribution >= 0.6 is 0 Å². The van der Waals surface area contributed by atoms with E-state index in [0.717, 1.165) is 38.2 Å². The van der Waals surface area contributed by atoms with Gasteiger partial charge in [0.1, 0.15) is 0 Å². The number of piperidine rings is 1. The summed E-state index contributed by atoms with van der Waals surface area (Å²) in [6, 6.07) is 23.4. The fraction of sp³-hybridized carbons (Fsp3) is 0.296. The van der Waals surface area contributed by atoms with Crippen molar-refractivity contribution in [3.63, 3.8) is 0 Å². The largest absolute Gasteiger partial charge is 0.371 e. The summed E-state index contributed by atoms with van der Waals surface area (Å²) >= 11 is 0. The van der Waals surface area contributed by atoms with Gasteiger partial charge in [-0.15, -0.1) is 0 Å². The lowest BCUT2D eigenvalue weighted by atomic mass is 9.95. The summed E-state index contributed by atoms with van der Waals surface area (Å²) in [7, 11) is 0. The third-order valence-electron chi connectivity index (χ3n) is 6.62. The number of hydrogen-bond acceptors (Lipinski definition) is 2.